The molecule has 0 heterocycles. The number of hydrogen-bond acceptors (Lipinski definition) is 2. The Morgan fingerprint density at radius 2 is 2.07 bits per heavy atom. The van der Waals surface area contributed by atoms with Crippen molar-refractivity contribution in [2.75, 3.05) is 6.54 Å². The summed E-state index contributed by atoms with van der Waals surface area (Å²) in [5.41, 5.74) is 6.59. The van der Waals surface area contributed by atoms with E-state index in [1.54, 1.807) is 6.07 Å². The van der Waals surface area contributed by atoms with Crippen molar-refractivity contribution >= 4 is 15.9 Å². The summed E-state index contributed by atoms with van der Waals surface area (Å²) in [5, 5.41) is 9.87. The summed E-state index contributed by atoms with van der Waals surface area (Å²) in [6, 6.07) is 5.67. The Labute approximate surface area is 99.6 Å². The number of aromatic hydroxyl groups is 1. The van der Waals surface area contributed by atoms with Gasteiger partial charge >= 0.3 is 0 Å². The molecule has 1 atom stereocenters. The molecule has 3 heteroatoms. The first kappa shape index (κ1) is 12.5. The molecule has 0 fully saturated rings. The molecule has 0 aliphatic rings. The van der Waals surface area contributed by atoms with Crippen molar-refractivity contribution in [2.24, 2.45) is 11.7 Å². The largest absolute Gasteiger partial charge is 0.508 e. The second-order valence-corrected chi connectivity index (χ2v) is 5.05. The minimum Gasteiger partial charge on any atom is -0.508 e. The maximum Gasteiger partial charge on any atom is 0.120 e. The maximum absolute atomic E-state index is 9.87. The summed E-state index contributed by atoms with van der Waals surface area (Å²) >= 11 is 3.34. The molecular weight excluding hydrogens is 254 g/mol. The standard InChI is InChI=1S/C12H18BrNO/c1-8(2)10(5-6-14)11-4-3-9(13)7-12(11)15/h3-4,7-8,10,15H,5-6,14H2,1-2H3. The van der Waals surface area contributed by atoms with Crippen molar-refractivity contribution in [3.63, 3.8) is 0 Å². The molecular formula is C12H18BrNO. The van der Waals surface area contributed by atoms with Gasteiger partial charge in [-0.3, -0.25) is 0 Å². The van der Waals surface area contributed by atoms with Crippen LogP contribution < -0.4 is 5.73 Å². The Morgan fingerprint density at radius 1 is 1.40 bits per heavy atom. The van der Waals surface area contributed by atoms with Gasteiger partial charge in [-0.15, -0.1) is 0 Å². The van der Waals surface area contributed by atoms with Gasteiger partial charge in [0.1, 0.15) is 5.75 Å². The van der Waals surface area contributed by atoms with Crippen molar-refractivity contribution < 1.29 is 5.11 Å². The predicted octanol–water partition coefficient (Wildman–Crippen LogP) is 3.24. The number of nitrogens with two attached hydrogens (primary N) is 1. The first-order valence-electron chi connectivity index (χ1n) is 5.24. The van der Waals surface area contributed by atoms with Crippen LogP contribution in [0.15, 0.2) is 22.7 Å². The van der Waals surface area contributed by atoms with Crippen molar-refractivity contribution in [3.8, 4) is 5.75 Å². The van der Waals surface area contributed by atoms with E-state index < -0.39 is 0 Å². The van der Waals surface area contributed by atoms with Crippen LogP contribution in [-0.2, 0) is 0 Å². The molecule has 0 aliphatic heterocycles. The maximum atomic E-state index is 9.87. The minimum absolute atomic E-state index is 0.336. The highest BCUT2D eigenvalue weighted by Gasteiger charge is 2.18. The van der Waals surface area contributed by atoms with Crippen LogP contribution >= 0.6 is 15.9 Å². The molecule has 1 aromatic rings. The molecule has 0 aromatic heterocycles. The van der Waals surface area contributed by atoms with E-state index in [1.165, 1.54) is 0 Å². The van der Waals surface area contributed by atoms with Crippen LogP contribution in [-0.4, -0.2) is 11.7 Å². The highest BCUT2D eigenvalue weighted by Crippen LogP contribution is 2.34. The van der Waals surface area contributed by atoms with Crippen molar-refractivity contribution in [2.45, 2.75) is 26.2 Å². The minimum atomic E-state index is 0.336. The van der Waals surface area contributed by atoms with Crippen molar-refractivity contribution in [1.29, 1.82) is 0 Å². The predicted molar refractivity (Wildman–Crippen MR) is 67.1 cm³/mol. The third kappa shape index (κ3) is 3.21. The number of benzene rings is 1. The monoisotopic (exact) mass is 271 g/mol. The fourth-order valence-electron chi connectivity index (χ4n) is 1.86. The molecule has 1 rings (SSSR count). The van der Waals surface area contributed by atoms with Crippen LogP contribution in [0, 0.1) is 5.92 Å². The van der Waals surface area contributed by atoms with E-state index in [0.717, 1.165) is 16.5 Å². The van der Waals surface area contributed by atoms with E-state index in [4.69, 9.17) is 5.73 Å². The van der Waals surface area contributed by atoms with Gasteiger partial charge in [-0.1, -0.05) is 35.8 Å². The molecule has 3 N–H and O–H groups in total. The van der Waals surface area contributed by atoms with Crippen molar-refractivity contribution in [1.82, 2.24) is 0 Å². The van der Waals surface area contributed by atoms with E-state index in [-0.39, 0.29) is 0 Å². The first-order chi connectivity index (χ1) is 7.06. The van der Waals surface area contributed by atoms with Crippen LogP contribution in [0.4, 0.5) is 0 Å². The summed E-state index contributed by atoms with van der Waals surface area (Å²) in [7, 11) is 0. The molecule has 15 heavy (non-hydrogen) atoms. The van der Waals surface area contributed by atoms with Gasteiger partial charge in [0, 0.05) is 4.47 Å². The molecule has 0 amide bonds. The molecule has 2 nitrogen and oxygen atoms in total. The molecule has 1 aromatic carbocycles. The Balaban J connectivity index is 3.00. The van der Waals surface area contributed by atoms with Gasteiger partial charge < -0.3 is 10.8 Å². The number of hydrogen-bond donors (Lipinski definition) is 2. The summed E-state index contributed by atoms with van der Waals surface area (Å²) < 4.78 is 0.902. The van der Waals surface area contributed by atoms with Gasteiger partial charge in [0.25, 0.3) is 0 Å². The zero-order valence-electron chi connectivity index (χ0n) is 9.20. The number of rotatable bonds is 4. The van der Waals surface area contributed by atoms with Crippen LogP contribution in [0.3, 0.4) is 0 Å². The second-order valence-electron chi connectivity index (χ2n) is 4.13. The number of phenols is 1. The zero-order chi connectivity index (χ0) is 11.4. The van der Waals surface area contributed by atoms with Crippen LogP contribution in [0.25, 0.3) is 0 Å². The Morgan fingerprint density at radius 3 is 2.53 bits per heavy atom. The molecule has 84 valence electrons. The van der Waals surface area contributed by atoms with E-state index in [9.17, 15) is 5.11 Å². The number of phenolic OH excluding ortho intramolecular Hbond substituents is 1. The summed E-state index contributed by atoms with van der Waals surface area (Å²) in [4.78, 5) is 0. The SMILES string of the molecule is CC(C)C(CCN)c1ccc(Br)cc1O. The first-order valence-corrected chi connectivity index (χ1v) is 6.04. The lowest BCUT2D eigenvalue weighted by molar-refractivity contribution is 0.425. The Hall–Kier alpha value is -0.540. The van der Waals surface area contributed by atoms with Gasteiger partial charge in [-0.05, 0) is 42.5 Å². The van der Waals surface area contributed by atoms with E-state index in [1.807, 2.05) is 12.1 Å². The van der Waals surface area contributed by atoms with Crippen LogP contribution in [0.2, 0.25) is 0 Å². The fraction of sp³-hybridized carbons (Fsp3) is 0.500. The zero-order valence-corrected chi connectivity index (χ0v) is 10.8. The van der Waals surface area contributed by atoms with Crippen LogP contribution in [0.5, 0.6) is 5.75 Å². The van der Waals surface area contributed by atoms with E-state index in [0.29, 0.717) is 24.1 Å². The van der Waals surface area contributed by atoms with Gasteiger partial charge in [0.2, 0.25) is 0 Å². The van der Waals surface area contributed by atoms with Gasteiger partial charge in [0.15, 0.2) is 0 Å². The molecule has 0 spiro atoms. The lowest BCUT2D eigenvalue weighted by Gasteiger charge is -2.21. The smallest absolute Gasteiger partial charge is 0.120 e. The molecule has 0 saturated heterocycles. The summed E-state index contributed by atoms with van der Waals surface area (Å²) in [5.74, 6) is 1.18. The van der Waals surface area contributed by atoms with Crippen molar-refractivity contribution in [3.05, 3.63) is 28.2 Å². The van der Waals surface area contributed by atoms with Gasteiger partial charge in [-0.25, -0.2) is 0 Å². The fourth-order valence-corrected chi connectivity index (χ4v) is 2.21. The normalized spacial score (nSPS) is 13.1. The summed E-state index contributed by atoms with van der Waals surface area (Å²) in [6.07, 6.45) is 0.910. The van der Waals surface area contributed by atoms with Gasteiger partial charge in [-0.2, -0.15) is 0 Å². The highest BCUT2D eigenvalue weighted by molar-refractivity contribution is 9.10. The molecule has 0 radical (unpaired) electrons. The Kier molecular flexibility index (Phi) is 4.61. The second kappa shape index (κ2) is 5.52. The average molecular weight is 272 g/mol. The lowest BCUT2D eigenvalue weighted by Crippen LogP contribution is -2.12. The van der Waals surface area contributed by atoms with Gasteiger partial charge in [0.05, 0.1) is 0 Å². The highest BCUT2D eigenvalue weighted by atomic mass is 79.9. The quantitative estimate of drug-likeness (QED) is 0.883. The van der Waals surface area contributed by atoms with Crippen LogP contribution in [0.1, 0.15) is 31.7 Å². The van der Waals surface area contributed by atoms with E-state index in [2.05, 4.69) is 29.8 Å². The molecule has 0 aliphatic carbocycles. The topological polar surface area (TPSA) is 46.2 Å². The molecule has 1 unspecified atom stereocenters. The third-order valence-electron chi connectivity index (χ3n) is 2.67. The number of halogens is 1. The average Bonchev–Trinajstić information content (AvgIpc) is 2.15. The third-order valence-corrected chi connectivity index (χ3v) is 3.17. The molecule has 0 saturated carbocycles. The van der Waals surface area contributed by atoms with E-state index >= 15 is 0 Å². The Bertz CT molecular complexity index is 325. The molecule has 0 bridgehead atoms. The lowest BCUT2D eigenvalue weighted by atomic mass is 9.85. The summed E-state index contributed by atoms with van der Waals surface area (Å²) in [6.45, 7) is 4.96.